The number of dihydropyridines is 2. The first-order chi connectivity index (χ1) is 27.3. The van der Waals surface area contributed by atoms with Gasteiger partial charge in [0.2, 0.25) is 13.6 Å². The van der Waals surface area contributed by atoms with Crippen molar-refractivity contribution in [3.8, 4) is 23.0 Å². The Labute approximate surface area is 340 Å². The molecule has 4 aliphatic carbocycles. The Bertz CT molecular complexity index is 2080. The SMILES string of the molecule is CC1(C)CC(=O)C2=C(C1)NC1=C(C(=O)CC(C)(C)C1)C2c1ccc2c(c1)OCO2.CC1(C)CC(=O)C2=C(C1)NC1=C(C(=O)CC(C)(C)C1)C2c1ccc2c(c1)OCO2. The Morgan fingerprint density at radius 2 is 0.690 bits per heavy atom. The predicted molar refractivity (Wildman–Crippen MR) is 217 cm³/mol. The van der Waals surface area contributed by atoms with E-state index in [1.807, 2.05) is 36.4 Å². The second kappa shape index (κ2) is 13.2. The summed E-state index contributed by atoms with van der Waals surface area (Å²) in [6.45, 7) is 17.4. The number of hydrogen-bond donors (Lipinski definition) is 2. The summed E-state index contributed by atoms with van der Waals surface area (Å²) >= 11 is 0. The summed E-state index contributed by atoms with van der Waals surface area (Å²) < 4.78 is 22.1. The van der Waals surface area contributed by atoms with Gasteiger partial charge in [0.1, 0.15) is 0 Å². The minimum absolute atomic E-state index is 0.0887. The van der Waals surface area contributed by atoms with Crippen LogP contribution in [0.2, 0.25) is 0 Å². The van der Waals surface area contributed by atoms with Gasteiger partial charge >= 0.3 is 0 Å². The molecular formula is C48H54N2O8. The zero-order chi connectivity index (χ0) is 41.1. The molecule has 0 spiro atoms. The van der Waals surface area contributed by atoms with Crippen LogP contribution in [0.4, 0.5) is 0 Å². The minimum Gasteiger partial charge on any atom is -0.454 e. The van der Waals surface area contributed by atoms with E-state index in [9.17, 15) is 19.2 Å². The quantitative estimate of drug-likeness (QED) is 0.305. The van der Waals surface area contributed by atoms with Gasteiger partial charge in [0, 0.05) is 82.6 Å². The van der Waals surface area contributed by atoms with Crippen molar-refractivity contribution in [2.75, 3.05) is 13.6 Å². The van der Waals surface area contributed by atoms with Gasteiger partial charge in [-0.3, -0.25) is 19.2 Å². The molecular weight excluding hydrogens is 733 g/mol. The molecule has 4 aliphatic heterocycles. The maximum absolute atomic E-state index is 13.3. The molecule has 4 heterocycles. The van der Waals surface area contributed by atoms with Crippen LogP contribution < -0.4 is 29.6 Å². The van der Waals surface area contributed by atoms with Crippen molar-refractivity contribution in [1.29, 1.82) is 0 Å². The van der Waals surface area contributed by atoms with E-state index >= 15 is 0 Å². The zero-order valence-electron chi connectivity index (χ0n) is 35.0. The molecule has 0 atom stereocenters. The molecule has 2 aromatic carbocycles. The Balaban J connectivity index is 0.000000150. The van der Waals surface area contributed by atoms with Gasteiger partial charge in [-0.15, -0.1) is 0 Å². The molecule has 304 valence electrons. The fourth-order valence-corrected chi connectivity index (χ4v) is 10.6. The molecule has 0 aromatic heterocycles. The second-order valence-electron chi connectivity index (χ2n) is 20.7. The maximum atomic E-state index is 13.3. The average Bonchev–Trinajstić information content (AvgIpc) is 3.77. The number of fused-ring (bicyclic) bond motifs is 2. The minimum atomic E-state index is -0.331. The summed E-state index contributed by atoms with van der Waals surface area (Å²) in [5.41, 5.74) is 8.48. The van der Waals surface area contributed by atoms with Crippen LogP contribution in [-0.2, 0) is 19.2 Å². The van der Waals surface area contributed by atoms with Gasteiger partial charge in [-0.2, -0.15) is 0 Å². The second-order valence-corrected chi connectivity index (χ2v) is 20.7. The summed E-state index contributed by atoms with van der Waals surface area (Å²) in [5, 5.41) is 7.09. The number of carbonyl (C=O) groups excluding carboxylic acids is 4. The molecule has 10 rings (SSSR count). The molecule has 0 saturated heterocycles. The topological polar surface area (TPSA) is 129 Å². The molecule has 2 aromatic rings. The Kier molecular flexibility index (Phi) is 8.74. The number of ketones is 4. The molecule has 10 heteroatoms. The molecule has 58 heavy (non-hydrogen) atoms. The molecule has 0 unspecified atom stereocenters. The highest BCUT2D eigenvalue weighted by Crippen LogP contribution is 2.54. The largest absolute Gasteiger partial charge is 0.454 e. The van der Waals surface area contributed by atoms with E-state index in [1.54, 1.807) is 0 Å². The fraction of sp³-hybridized carbons (Fsp3) is 0.500. The summed E-state index contributed by atoms with van der Waals surface area (Å²) in [7, 11) is 0. The smallest absolute Gasteiger partial charge is 0.231 e. The lowest BCUT2D eigenvalue weighted by Gasteiger charge is -2.44. The standard InChI is InChI=1S/2C24H27NO4/c2*1-23(2)8-14-21(16(26)10-23)20(13-5-6-18-19(7-13)29-12-28-18)22-15(25-14)9-24(3,4)11-17(22)27/h2*5-7,20,25H,8-12H2,1-4H3. The number of allylic oxidation sites excluding steroid dienone is 8. The molecule has 0 fully saturated rings. The number of Topliss-reactive ketones (excluding diaryl/α,β-unsaturated/α-hetero) is 4. The molecule has 0 bridgehead atoms. The maximum Gasteiger partial charge on any atom is 0.231 e. The van der Waals surface area contributed by atoms with Gasteiger partial charge in [0.25, 0.3) is 0 Å². The van der Waals surface area contributed by atoms with Crippen molar-refractivity contribution < 1.29 is 38.1 Å². The molecule has 0 radical (unpaired) electrons. The summed E-state index contributed by atoms with van der Waals surface area (Å²) in [4.78, 5) is 53.1. The van der Waals surface area contributed by atoms with Gasteiger partial charge in [-0.05, 0) is 82.7 Å². The van der Waals surface area contributed by atoms with E-state index in [0.717, 1.165) is 81.9 Å². The lowest BCUT2D eigenvalue weighted by atomic mass is 9.64. The first-order valence-electron chi connectivity index (χ1n) is 20.7. The fourth-order valence-electron chi connectivity index (χ4n) is 10.6. The number of carbonyl (C=O) groups is 4. The monoisotopic (exact) mass is 786 g/mol. The van der Waals surface area contributed by atoms with Gasteiger partial charge in [0.15, 0.2) is 46.1 Å². The van der Waals surface area contributed by atoms with E-state index < -0.39 is 0 Å². The van der Waals surface area contributed by atoms with Crippen LogP contribution in [0, 0.1) is 21.7 Å². The average molecular weight is 787 g/mol. The van der Waals surface area contributed by atoms with Gasteiger partial charge in [-0.25, -0.2) is 0 Å². The lowest BCUT2D eigenvalue weighted by Crippen LogP contribution is -2.42. The Morgan fingerprint density at radius 3 is 0.983 bits per heavy atom. The highest BCUT2D eigenvalue weighted by atomic mass is 16.7. The van der Waals surface area contributed by atoms with Crippen LogP contribution in [0.3, 0.4) is 0 Å². The van der Waals surface area contributed by atoms with Crippen molar-refractivity contribution >= 4 is 23.1 Å². The van der Waals surface area contributed by atoms with Crippen LogP contribution in [0.5, 0.6) is 23.0 Å². The van der Waals surface area contributed by atoms with Crippen molar-refractivity contribution in [3.63, 3.8) is 0 Å². The number of ether oxygens (including phenoxy) is 4. The lowest BCUT2D eigenvalue weighted by molar-refractivity contribution is -0.120. The number of nitrogens with one attached hydrogen (secondary N) is 2. The van der Waals surface area contributed by atoms with E-state index in [1.165, 1.54) is 0 Å². The Hall–Kier alpha value is -5.12. The van der Waals surface area contributed by atoms with Crippen LogP contribution in [-0.4, -0.2) is 36.7 Å². The molecule has 0 saturated carbocycles. The van der Waals surface area contributed by atoms with Crippen LogP contribution >= 0.6 is 0 Å². The molecule has 8 aliphatic rings. The molecule has 10 nitrogen and oxygen atoms in total. The molecule has 2 N–H and O–H groups in total. The van der Waals surface area contributed by atoms with Crippen LogP contribution in [0.15, 0.2) is 81.5 Å². The van der Waals surface area contributed by atoms with E-state index in [4.69, 9.17) is 18.9 Å². The van der Waals surface area contributed by atoms with Crippen LogP contribution in [0.25, 0.3) is 0 Å². The van der Waals surface area contributed by atoms with Crippen molar-refractivity contribution in [1.82, 2.24) is 10.6 Å². The van der Waals surface area contributed by atoms with E-state index in [-0.39, 0.29) is 70.2 Å². The van der Waals surface area contributed by atoms with Gasteiger partial charge in [-0.1, -0.05) is 67.5 Å². The van der Waals surface area contributed by atoms with Crippen molar-refractivity contribution in [2.24, 2.45) is 21.7 Å². The van der Waals surface area contributed by atoms with Gasteiger partial charge < -0.3 is 29.6 Å². The molecule has 0 amide bonds. The van der Waals surface area contributed by atoms with Gasteiger partial charge in [0.05, 0.1) is 0 Å². The number of rotatable bonds is 2. The van der Waals surface area contributed by atoms with E-state index in [0.29, 0.717) is 48.7 Å². The third kappa shape index (κ3) is 6.76. The third-order valence-electron chi connectivity index (χ3n) is 12.9. The third-order valence-corrected chi connectivity index (χ3v) is 12.9. The number of hydrogen-bond acceptors (Lipinski definition) is 10. The predicted octanol–water partition coefficient (Wildman–Crippen LogP) is 8.78. The van der Waals surface area contributed by atoms with Crippen molar-refractivity contribution in [3.05, 3.63) is 92.6 Å². The highest BCUT2D eigenvalue weighted by molar-refractivity contribution is 6.08. The summed E-state index contributed by atoms with van der Waals surface area (Å²) in [6.07, 6.45) is 5.21. The van der Waals surface area contributed by atoms with E-state index in [2.05, 4.69) is 66.0 Å². The summed E-state index contributed by atoms with van der Waals surface area (Å²) in [5.74, 6) is 2.65. The highest BCUT2D eigenvalue weighted by Gasteiger charge is 2.48. The summed E-state index contributed by atoms with van der Waals surface area (Å²) in [6, 6.07) is 11.6. The zero-order valence-corrected chi connectivity index (χ0v) is 35.0. The first-order valence-corrected chi connectivity index (χ1v) is 20.7. The first kappa shape index (κ1) is 38.4. The number of benzene rings is 2. The normalized spacial score (nSPS) is 25.0. The van der Waals surface area contributed by atoms with Crippen LogP contribution in [0.1, 0.15) is 130 Å². The Morgan fingerprint density at radius 1 is 0.414 bits per heavy atom. The van der Waals surface area contributed by atoms with Crippen molar-refractivity contribution in [2.45, 2.75) is 119 Å².